The SMILES string of the molecule is Cc1cc(C(F)(F)F)nc2sc(C(=O)c3ccc4c(c3)OCO4)c(N)c12. The van der Waals surface area contributed by atoms with Gasteiger partial charge in [-0.15, -0.1) is 11.3 Å². The van der Waals surface area contributed by atoms with Crippen molar-refractivity contribution in [3.05, 3.63) is 46.0 Å². The molecule has 9 heteroatoms. The fourth-order valence-electron chi connectivity index (χ4n) is 2.79. The first-order valence-electron chi connectivity index (χ1n) is 7.47. The first kappa shape index (κ1) is 16.6. The maximum Gasteiger partial charge on any atom is 0.433 e. The van der Waals surface area contributed by atoms with Crippen LogP contribution < -0.4 is 15.2 Å². The van der Waals surface area contributed by atoms with E-state index in [1.54, 1.807) is 12.1 Å². The Morgan fingerprint density at radius 3 is 2.69 bits per heavy atom. The molecule has 0 bridgehead atoms. The lowest BCUT2D eigenvalue weighted by molar-refractivity contribution is -0.141. The molecule has 2 N–H and O–H groups in total. The summed E-state index contributed by atoms with van der Waals surface area (Å²) in [4.78, 5) is 16.7. The molecule has 3 aromatic rings. The zero-order valence-electron chi connectivity index (χ0n) is 13.3. The first-order valence-corrected chi connectivity index (χ1v) is 8.28. The molecule has 0 fully saturated rings. The number of ketones is 1. The summed E-state index contributed by atoms with van der Waals surface area (Å²) in [6.45, 7) is 1.58. The standard InChI is InChI=1S/C17H11F3N2O3S/c1-7-4-11(17(18,19)20)22-16-12(7)13(21)15(26-16)14(23)8-2-3-9-10(5-8)25-6-24-9/h2-5H,6,21H2,1H3. The molecule has 0 saturated carbocycles. The van der Waals surface area contributed by atoms with Crippen molar-refractivity contribution in [2.45, 2.75) is 13.1 Å². The van der Waals surface area contributed by atoms with E-state index < -0.39 is 17.7 Å². The minimum atomic E-state index is -4.57. The molecule has 0 aliphatic carbocycles. The summed E-state index contributed by atoms with van der Waals surface area (Å²) in [6.07, 6.45) is -4.57. The number of anilines is 1. The van der Waals surface area contributed by atoms with E-state index >= 15 is 0 Å². The van der Waals surface area contributed by atoms with Gasteiger partial charge in [0, 0.05) is 10.9 Å². The number of thiophene rings is 1. The second kappa shape index (κ2) is 5.60. The molecule has 4 rings (SSSR count). The Bertz CT molecular complexity index is 1060. The molecule has 0 amide bonds. The Labute approximate surface area is 149 Å². The van der Waals surface area contributed by atoms with Crippen molar-refractivity contribution in [2.24, 2.45) is 0 Å². The van der Waals surface area contributed by atoms with Crippen LogP contribution in [0.1, 0.15) is 26.5 Å². The summed E-state index contributed by atoms with van der Waals surface area (Å²) >= 11 is 0.847. The maximum absolute atomic E-state index is 13.0. The van der Waals surface area contributed by atoms with E-state index in [2.05, 4.69) is 4.98 Å². The fourth-order valence-corrected chi connectivity index (χ4v) is 3.93. The van der Waals surface area contributed by atoms with Crippen LogP contribution in [0, 0.1) is 6.92 Å². The third-order valence-electron chi connectivity index (χ3n) is 4.03. The number of nitrogens with two attached hydrogens (primary N) is 1. The van der Waals surface area contributed by atoms with Crippen LogP contribution in [0.3, 0.4) is 0 Å². The number of rotatable bonds is 2. The number of benzene rings is 1. The van der Waals surface area contributed by atoms with Crippen LogP contribution in [-0.2, 0) is 6.18 Å². The lowest BCUT2D eigenvalue weighted by Gasteiger charge is -2.07. The van der Waals surface area contributed by atoms with Crippen molar-refractivity contribution < 1.29 is 27.4 Å². The van der Waals surface area contributed by atoms with E-state index in [1.807, 2.05) is 0 Å². The fraction of sp³-hybridized carbons (Fsp3) is 0.176. The van der Waals surface area contributed by atoms with Gasteiger partial charge >= 0.3 is 6.18 Å². The monoisotopic (exact) mass is 380 g/mol. The first-order chi connectivity index (χ1) is 12.3. The largest absolute Gasteiger partial charge is 0.454 e. The van der Waals surface area contributed by atoms with E-state index in [4.69, 9.17) is 15.2 Å². The number of aromatic nitrogens is 1. The number of hydrogen-bond donors (Lipinski definition) is 1. The number of alkyl halides is 3. The van der Waals surface area contributed by atoms with Crippen LogP contribution in [0.15, 0.2) is 24.3 Å². The van der Waals surface area contributed by atoms with E-state index in [0.29, 0.717) is 28.0 Å². The van der Waals surface area contributed by atoms with Crippen molar-refractivity contribution in [3.63, 3.8) is 0 Å². The van der Waals surface area contributed by atoms with Crippen molar-refractivity contribution in [1.82, 2.24) is 4.98 Å². The molecule has 0 saturated heterocycles. The molecule has 5 nitrogen and oxygen atoms in total. The summed E-state index contributed by atoms with van der Waals surface area (Å²) in [7, 11) is 0. The molecule has 0 spiro atoms. The number of aryl methyl sites for hydroxylation is 1. The van der Waals surface area contributed by atoms with E-state index in [0.717, 1.165) is 17.4 Å². The molecule has 0 radical (unpaired) electrons. The summed E-state index contributed by atoms with van der Waals surface area (Å²) in [5.41, 5.74) is 5.81. The second-order valence-corrected chi connectivity index (χ2v) is 6.74. The summed E-state index contributed by atoms with van der Waals surface area (Å²) < 4.78 is 49.4. The molecular weight excluding hydrogens is 369 g/mol. The van der Waals surface area contributed by atoms with Gasteiger partial charge in [0.05, 0.1) is 5.69 Å². The molecule has 2 aromatic heterocycles. The van der Waals surface area contributed by atoms with Crippen LogP contribution >= 0.6 is 11.3 Å². The highest BCUT2D eigenvalue weighted by atomic mass is 32.1. The van der Waals surface area contributed by atoms with Crippen LogP contribution in [0.25, 0.3) is 10.2 Å². The Balaban J connectivity index is 1.83. The lowest BCUT2D eigenvalue weighted by atomic mass is 10.1. The van der Waals surface area contributed by atoms with E-state index in [1.165, 1.54) is 13.0 Å². The molecule has 3 heterocycles. The quantitative estimate of drug-likeness (QED) is 0.676. The Hall–Kier alpha value is -2.81. The van der Waals surface area contributed by atoms with Gasteiger partial charge < -0.3 is 15.2 Å². The van der Waals surface area contributed by atoms with Gasteiger partial charge in [-0.1, -0.05) is 0 Å². The third kappa shape index (κ3) is 2.55. The van der Waals surface area contributed by atoms with Crippen LogP contribution in [-0.4, -0.2) is 17.6 Å². The predicted octanol–water partition coefficient (Wildman–Crippen LogP) is 4.17. The smallest absolute Gasteiger partial charge is 0.433 e. The highest BCUT2D eigenvalue weighted by molar-refractivity contribution is 7.21. The molecule has 1 aliphatic rings. The van der Waals surface area contributed by atoms with Gasteiger partial charge in [-0.25, -0.2) is 4.98 Å². The number of carbonyl (C=O) groups is 1. The molecule has 26 heavy (non-hydrogen) atoms. The number of pyridine rings is 1. The normalized spacial score (nSPS) is 13.4. The average Bonchev–Trinajstić information content (AvgIpc) is 3.17. The third-order valence-corrected chi connectivity index (χ3v) is 5.13. The number of nitrogens with zero attached hydrogens (tertiary/aromatic N) is 1. The van der Waals surface area contributed by atoms with Gasteiger partial charge in [-0.3, -0.25) is 4.79 Å². The number of fused-ring (bicyclic) bond motifs is 2. The summed E-state index contributed by atoms with van der Waals surface area (Å²) in [6, 6.07) is 5.61. The van der Waals surface area contributed by atoms with Gasteiger partial charge in [0.15, 0.2) is 11.5 Å². The molecule has 0 unspecified atom stereocenters. The summed E-state index contributed by atoms with van der Waals surface area (Å²) in [5.74, 6) is 0.555. The Morgan fingerprint density at radius 2 is 1.96 bits per heavy atom. The number of nitrogen functional groups attached to an aromatic ring is 1. The van der Waals surface area contributed by atoms with Crippen molar-refractivity contribution in [3.8, 4) is 11.5 Å². The van der Waals surface area contributed by atoms with Crippen molar-refractivity contribution in [2.75, 3.05) is 12.5 Å². The van der Waals surface area contributed by atoms with Crippen molar-refractivity contribution >= 4 is 33.0 Å². The highest BCUT2D eigenvalue weighted by Gasteiger charge is 2.34. The number of carbonyl (C=O) groups excluding carboxylic acids is 1. The van der Waals surface area contributed by atoms with Gasteiger partial charge in [-0.05, 0) is 36.8 Å². The molecule has 1 aromatic carbocycles. The second-order valence-electron chi connectivity index (χ2n) is 5.74. The van der Waals surface area contributed by atoms with Crippen LogP contribution in [0.5, 0.6) is 11.5 Å². The van der Waals surface area contributed by atoms with Crippen LogP contribution in [0.2, 0.25) is 0 Å². The van der Waals surface area contributed by atoms with Gasteiger partial charge in [0.2, 0.25) is 12.6 Å². The predicted molar refractivity (Wildman–Crippen MR) is 89.8 cm³/mol. The number of halogens is 3. The molecular formula is C17H11F3N2O3S. The Morgan fingerprint density at radius 1 is 1.23 bits per heavy atom. The zero-order valence-corrected chi connectivity index (χ0v) is 14.1. The molecule has 1 aliphatic heterocycles. The number of ether oxygens (including phenoxy) is 2. The minimum absolute atomic E-state index is 0.0708. The van der Waals surface area contributed by atoms with E-state index in [9.17, 15) is 18.0 Å². The van der Waals surface area contributed by atoms with Gasteiger partial charge in [-0.2, -0.15) is 13.2 Å². The lowest BCUT2D eigenvalue weighted by Crippen LogP contribution is -2.08. The highest BCUT2D eigenvalue weighted by Crippen LogP contribution is 2.40. The van der Waals surface area contributed by atoms with Crippen LogP contribution in [0.4, 0.5) is 18.9 Å². The maximum atomic E-state index is 13.0. The Kier molecular flexibility index (Phi) is 3.58. The van der Waals surface area contributed by atoms with Crippen molar-refractivity contribution in [1.29, 1.82) is 0 Å². The van der Waals surface area contributed by atoms with E-state index in [-0.39, 0.29) is 22.2 Å². The number of hydrogen-bond acceptors (Lipinski definition) is 6. The minimum Gasteiger partial charge on any atom is -0.454 e. The summed E-state index contributed by atoms with van der Waals surface area (Å²) in [5, 5.41) is 0.368. The molecule has 0 atom stereocenters. The topological polar surface area (TPSA) is 74.4 Å². The van der Waals surface area contributed by atoms with Gasteiger partial charge in [0.1, 0.15) is 15.4 Å². The average molecular weight is 380 g/mol. The zero-order chi connectivity index (χ0) is 18.6. The van der Waals surface area contributed by atoms with Gasteiger partial charge in [0.25, 0.3) is 0 Å². The molecule has 134 valence electrons.